The van der Waals surface area contributed by atoms with Crippen molar-refractivity contribution in [1.29, 1.82) is 0 Å². The van der Waals surface area contributed by atoms with Crippen LogP contribution in [0.4, 0.5) is 0 Å². The summed E-state index contributed by atoms with van der Waals surface area (Å²) in [5.74, 6) is 0. The quantitative estimate of drug-likeness (QED) is 0.224. The highest BCUT2D eigenvalue weighted by Crippen LogP contribution is 2.52. The van der Waals surface area contributed by atoms with Gasteiger partial charge in [-0.2, -0.15) is 0 Å². The van der Waals surface area contributed by atoms with E-state index < -0.39 is 15.2 Å². The SMILES string of the molecule is CC(Cl)(CC(CC(C)(Cl)c1ccccc1)(c1ccccc1)c1ccccc1)c1ccccc1. The van der Waals surface area contributed by atoms with Gasteiger partial charge in [-0.1, -0.05) is 121 Å². The summed E-state index contributed by atoms with van der Waals surface area (Å²) in [6, 6.07) is 42.1. The van der Waals surface area contributed by atoms with E-state index in [0.717, 1.165) is 11.1 Å². The molecule has 2 heteroatoms. The van der Waals surface area contributed by atoms with Crippen LogP contribution in [-0.4, -0.2) is 0 Å². The summed E-state index contributed by atoms with van der Waals surface area (Å²) in [4.78, 5) is -1.17. The minimum Gasteiger partial charge on any atom is -0.114 e. The van der Waals surface area contributed by atoms with Crippen molar-refractivity contribution < 1.29 is 0 Å². The molecule has 0 fully saturated rings. The lowest BCUT2D eigenvalue weighted by Gasteiger charge is -2.44. The molecule has 4 aromatic carbocycles. The van der Waals surface area contributed by atoms with E-state index in [-0.39, 0.29) is 0 Å². The molecule has 0 saturated heterocycles. The second-order valence-corrected chi connectivity index (χ2v) is 11.0. The Bertz CT molecular complexity index is 1040. The third-order valence-corrected chi connectivity index (χ3v) is 7.38. The molecule has 0 aromatic heterocycles. The molecule has 2 unspecified atom stereocenters. The van der Waals surface area contributed by atoms with Gasteiger partial charge in [-0.25, -0.2) is 0 Å². The standard InChI is InChI=1S/C31H30Cl2/c1-29(32,25-15-7-3-8-16-25)23-31(27-19-11-5-12-20-27,28-21-13-6-14-22-28)24-30(2,33)26-17-9-4-10-18-26/h3-22H,23-24H2,1-2H3. The van der Waals surface area contributed by atoms with Crippen molar-refractivity contribution in [3.8, 4) is 0 Å². The molecule has 0 N–H and O–H groups in total. The van der Waals surface area contributed by atoms with Gasteiger partial charge >= 0.3 is 0 Å². The molecule has 0 bridgehead atoms. The molecule has 0 nitrogen and oxygen atoms in total. The van der Waals surface area contributed by atoms with Crippen molar-refractivity contribution in [2.75, 3.05) is 0 Å². The summed E-state index contributed by atoms with van der Waals surface area (Å²) < 4.78 is 0. The Balaban J connectivity index is 1.91. The number of halogens is 2. The predicted octanol–water partition coefficient (Wildman–Crippen LogP) is 9.06. The summed E-state index contributed by atoms with van der Waals surface area (Å²) in [5, 5.41) is 0. The molecule has 0 aliphatic carbocycles. The van der Waals surface area contributed by atoms with E-state index in [1.54, 1.807) is 0 Å². The lowest BCUT2D eigenvalue weighted by atomic mass is 9.63. The highest BCUT2D eigenvalue weighted by Gasteiger charge is 2.45. The second-order valence-electron chi connectivity index (χ2n) is 9.29. The smallest absolute Gasteiger partial charge is 0.0678 e. The normalized spacial score (nSPS) is 15.4. The highest BCUT2D eigenvalue weighted by molar-refractivity contribution is 6.24. The maximum atomic E-state index is 7.38. The molecule has 0 aliphatic rings. The molecule has 0 radical (unpaired) electrons. The molecule has 4 aromatic rings. The minimum atomic E-state index is -0.587. The summed E-state index contributed by atoms with van der Waals surface area (Å²) in [7, 11) is 0. The van der Waals surface area contributed by atoms with Crippen LogP contribution in [-0.2, 0) is 15.2 Å². The summed E-state index contributed by atoms with van der Waals surface area (Å²) in [6.45, 7) is 4.25. The number of hydrogen-bond donors (Lipinski definition) is 0. The zero-order valence-corrected chi connectivity index (χ0v) is 20.7. The monoisotopic (exact) mass is 472 g/mol. The van der Waals surface area contributed by atoms with Crippen LogP contribution >= 0.6 is 23.2 Å². The first kappa shape index (κ1) is 23.6. The summed E-state index contributed by atoms with van der Waals surface area (Å²) in [6.07, 6.45) is 1.41. The highest BCUT2D eigenvalue weighted by atomic mass is 35.5. The molecule has 0 aliphatic heterocycles. The lowest BCUT2D eigenvalue weighted by Crippen LogP contribution is -2.39. The Hall–Kier alpha value is -2.54. The minimum absolute atomic E-state index is 0.402. The molecule has 0 spiro atoms. The van der Waals surface area contributed by atoms with Gasteiger partial charge in [-0.15, -0.1) is 23.2 Å². The Morgan fingerprint density at radius 1 is 0.424 bits per heavy atom. The van der Waals surface area contributed by atoms with Crippen molar-refractivity contribution in [3.05, 3.63) is 144 Å². The van der Waals surface area contributed by atoms with Gasteiger partial charge in [0.05, 0.1) is 9.75 Å². The van der Waals surface area contributed by atoms with E-state index in [1.807, 2.05) is 12.1 Å². The van der Waals surface area contributed by atoms with Crippen LogP contribution in [0.5, 0.6) is 0 Å². The molecule has 168 valence electrons. The van der Waals surface area contributed by atoms with Crippen molar-refractivity contribution >= 4 is 23.2 Å². The average molecular weight is 473 g/mol. The number of hydrogen-bond acceptors (Lipinski definition) is 0. The second kappa shape index (κ2) is 9.75. The van der Waals surface area contributed by atoms with Crippen LogP contribution in [0.3, 0.4) is 0 Å². The average Bonchev–Trinajstić information content (AvgIpc) is 2.85. The Morgan fingerprint density at radius 2 is 0.667 bits per heavy atom. The Morgan fingerprint density at radius 3 is 0.939 bits per heavy atom. The van der Waals surface area contributed by atoms with Crippen molar-refractivity contribution in [3.63, 3.8) is 0 Å². The fourth-order valence-electron chi connectivity index (χ4n) is 5.06. The first-order valence-electron chi connectivity index (χ1n) is 11.4. The van der Waals surface area contributed by atoms with E-state index in [4.69, 9.17) is 23.2 Å². The maximum absolute atomic E-state index is 7.38. The molecular formula is C31H30Cl2. The zero-order valence-electron chi connectivity index (χ0n) is 19.2. The Kier molecular flexibility index (Phi) is 6.98. The van der Waals surface area contributed by atoms with Gasteiger partial charge in [0.15, 0.2) is 0 Å². The predicted molar refractivity (Wildman–Crippen MR) is 142 cm³/mol. The lowest BCUT2D eigenvalue weighted by molar-refractivity contribution is 0.342. The van der Waals surface area contributed by atoms with Gasteiger partial charge in [0.1, 0.15) is 0 Å². The van der Waals surface area contributed by atoms with Crippen LogP contribution in [0.1, 0.15) is 48.9 Å². The third-order valence-electron chi connectivity index (χ3n) is 6.67. The van der Waals surface area contributed by atoms with Crippen molar-refractivity contribution in [1.82, 2.24) is 0 Å². The van der Waals surface area contributed by atoms with Gasteiger partial charge in [-0.3, -0.25) is 0 Å². The van der Waals surface area contributed by atoms with E-state index in [9.17, 15) is 0 Å². The van der Waals surface area contributed by atoms with Crippen LogP contribution in [0.15, 0.2) is 121 Å². The summed E-state index contributed by atoms with van der Waals surface area (Å²) >= 11 is 14.8. The number of benzene rings is 4. The molecule has 0 amide bonds. The molecule has 2 atom stereocenters. The number of rotatable bonds is 8. The number of alkyl halides is 2. The Labute approximate surface area is 208 Å². The van der Waals surface area contributed by atoms with Crippen LogP contribution < -0.4 is 0 Å². The largest absolute Gasteiger partial charge is 0.114 e. The van der Waals surface area contributed by atoms with Gasteiger partial charge in [0.2, 0.25) is 0 Å². The topological polar surface area (TPSA) is 0 Å². The zero-order chi connectivity index (χ0) is 23.4. The van der Waals surface area contributed by atoms with E-state index in [0.29, 0.717) is 12.8 Å². The van der Waals surface area contributed by atoms with Gasteiger partial charge in [0.25, 0.3) is 0 Å². The summed E-state index contributed by atoms with van der Waals surface area (Å²) in [5.41, 5.74) is 4.27. The van der Waals surface area contributed by atoms with Crippen LogP contribution in [0, 0.1) is 0 Å². The molecular weight excluding hydrogens is 443 g/mol. The van der Waals surface area contributed by atoms with E-state index >= 15 is 0 Å². The van der Waals surface area contributed by atoms with Crippen molar-refractivity contribution in [2.24, 2.45) is 0 Å². The van der Waals surface area contributed by atoms with Gasteiger partial charge in [0, 0.05) is 5.41 Å². The fraction of sp³-hybridized carbons (Fsp3) is 0.226. The first-order valence-corrected chi connectivity index (χ1v) is 12.2. The first-order chi connectivity index (χ1) is 15.8. The molecule has 33 heavy (non-hydrogen) atoms. The van der Waals surface area contributed by atoms with Gasteiger partial charge < -0.3 is 0 Å². The maximum Gasteiger partial charge on any atom is 0.0678 e. The van der Waals surface area contributed by atoms with Crippen molar-refractivity contribution in [2.45, 2.75) is 41.9 Å². The molecule has 0 saturated carbocycles. The molecule has 0 heterocycles. The van der Waals surface area contributed by atoms with Crippen LogP contribution in [0.2, 0.25) is 0 Å². The van der Waals surface area contributed by atoms with Gasteiger partial charge in [-0.05, 0) is 48.9 Å². The van der Waals surface area contributed by atoms with Crippen LogP contribution in [0.25, 0.3) is 0 Å². The van der Waals surface area contributed by atoms with E-state index in [2.05, 4.69) is 123 Å². The third kappa shape index (κ3) is 5.18. The van der Waals surface area contributed by atoms with E-state index in [1.165, 1.54) is 11.1 Å². The fourth-order valence-corrected chi connectivity index (χ4v) is 5.77. The molecule has 4 rings (SSSR count).